The van der Waals surface area contributed by atoms with Crippen molar-refractivity contribution in [2.24, 2.45) is 0 Å². The van der Waals surface area contributed by atoms with E-state index in [2.05, 4.69) is 5.32 Å². The van der Waals surface area contributed by atoms with Crippen LogP contribution in [0.2, 0.25) is 5.02 Å². The highest BCUT2D eigenvalue weighted by atomic mass is 35.5. The zero-order chi connectivity index (χ0) is 21.8. The largest absolute Gasteiger partial charge is 0.478 e. The molecule has 1 aromatic heterocycles. The van der Waals surface area contributed by atoms with Crippen LogP contribution >= 0.6 is 11.6 Å². The number of carbonyl (C=O) groups excluding carboxylic acids is 1. The van der Waals surface area contributed by atoms with Crippen LogP contribution in [0.1, 0.15) is 27.2 Å². The number of carboxylic acid groups (broad SMARTS) is 1. The summed E-state index contributed by atoms with van der Waals surface area (Å²) in [6.45, 7) is 3.91. The molecule has 7 heteroatoms. The molecule has 0 saturated heterocycles. The maximum Gasteiger partial charge on any atom is 0.337 e. The smallest absolute Gasteiger partial charge is 0.337 e. The lowest BCUT2D eigenvalue weighted by atomic mass is 10.1. The van der Waals surface area contributed by atoms with Gasteiger partial charge < -0.3 is 14.8 Å². The van der Waals surface area contributed by atoms with Crippen LogP contribution in [0, 0.1) is 25.2 Å². The normalized spacial score (nSPS) is 11.1. The van der Waals surface area contributed by atoms with E-state index in [9.17, 15) is 14.9 Å². The molecule has 0 unspecified atom stereocenters. The highest BCUT2D eigenvalue weighted by Gasteiger charge is 2.14. The highest BCUT2D eigenvalue weighted by Crippen LogP contribution is 2.28. The van der Waals surface area contributed by atoms with Crippen molar-refractivity contribution in [3.05, 3.63) is 81.6 Å². The van der Waals surface area contributed by atoms with Gasteiger partial charge in [0.15, 0.2) is 0 Å². The minimum absolute atomic E-state index is 0.0122. The van der Waals surface area contributed by atoms with Crippen LogP contribution in [-0.2, 0) is 4.79 Å². The quantitative estimate of drug-likeness (QED) is 0.421. The number of nitrogens with one attached hydrogen (secondary N) is 1. The Hall–Kier alpha value is -3.82. The predicted octanol–water partition coefficient (Wildman–Crippen LogP) is 5.46. The van der Waals surface area contributed by atoms with Gasteiger partial charge in [-0.25, -0.2) is 4.79 Å². The van der Waals surface area contributed by atoms with Gasteiger partial charge in [0.25, 0.3) is 5.91 Å². The summed E-state index contributed by atoms with van der Waals surface area (Å²) in [5, 5.41) is 21.2. The van der Waals surface area contributed by atoms with Crippen molar-refractivity contribution in [3.63, 3.8) is 0 Å². The molecule has 0 bridgehead atoms. The van der Waals surface area contributed by atoms with E-state index in [0.29, 0.717) is 22.8 Å². The Morgan fingerprint density at radius 3 is 2.50 bits per heavy atom. The number of anilines is 1. The third-order valence-corrected chi connectivity index (χ3v) is 4.84. The number of aryl methyl sites for hydroxylation is 2. The van der Waals surface area contributed by atoms with E-state index >= 15 is 0 Å². The Morgan fingerprint density at radius 1 is 1.10 bits per heavy atom. The Balaban J connectivity index is 1.82. The number of halogens is 1. The van der Waals surface area contributed by atoms with Gasteiger partial charge in [0.1, 0.15) is 23.2 Å². The molecule has 0 atom stereocenters. The van der Waals surface area contributed by atoms with E-state index in [1.54, 1.807) is 24.3 Å². The third kappa shape index (κ3) is 4.59. The summed E-state index contributed by atoms with van der Waals surface area (Å²) in [7, 11) is 0. The van der Waals surface area contributed by atoms with Gasteiger partial charge in [0, 0.05) is 17.3 Å². The van der Waals surface area contributed by atoms with E-state index in [0.717, 1.165) is 11.1 Å². The highest BCUT2D eigenvalue weighted by molar-refractivity contribution is 6.33. The maximum absolute atomic E-state index is 12.5. The van der Waals surface area contributed by atoms with Gasteiger partial charge in [-0.3, -0.25) is 4.79 Å². The Morgan fingerprint density at radius 2 is 1.87 bits per heavy atom. The fraction of sp³-hybridized carbons (Fsp3) is 0.0870. The number of nitriles is 1. The Labute approximate surface area is 178 Å². The average Bonchev–Trinajstić information content (AvgIpc) is 3.17. The van der Waals surface area contributed by atoms with Crippen LogP contribution < -0.4 is 5.32 Å². The molecule has 3 rings (SSSR count). The van der Waals surface area contributed by atoms with Crippen LogP contribution in [0.15, 0.2) is 58.5 Å². The van der Waals surface area contributed by atoms with Crippen molar-refractivity contribution in [3.8, 4) is 17.4 Å². The molecule has 0 radical (unpaired) electrons. The molecule has 2 N–H and O–H groups in total. The van der Waals surface area contributed by atoms with Gasteiger partial charge in [0.2, 0.25) is 0 Å². The summed E-state index contributed by atoms with van der Waals surface area (Å²) >= 11 is 6.00. The standard InChI is InChI=1S/C23H17ClN2O4/c1-13-3-5-17(9-14(13)2)26-22(27)16(12-25)10-18-6-8-21(30-18)15-4-7-19(23(28)29)20(24)11-15/h3-11H,1-2H3,(H,26,27)(H,28,29)/b16-10+. The summed E-state index contributed by atoms with van der Waals surface area (Å²) in [5.74, 6) is -0.946. The van der Waals surface area contributed by atoms with E-state index < -0.39 is 11.9 Å². The molecule has 0 spiro atoms. The van der Waals surface area contributed by atoms with Crippen molar-refractivity contribution in [2.45, 2.75) is 13.8 Å². The fourth-order valence-electron chi connectivity index (χ4n) is 2.74. The van der Waals surface area contributed by atoms with Crippen LogP contribution in [0.3, 0.4) is 0 Å². The van der Waals surface area contributed by atoms with Crippen molar-refractivity contribution in [1.29, 1.82) is 5.26 Å². The molecule has 30 heavy (non-hydrogen) atoms. The first-order valence-corrected chi connectivity index (χ1v) is 9.29. The average molecular weight is 421 g/mol. The minimum atomic E-state index is -1.12. The molecule has 6 nitrogen and oxygen atoms in total. The van der Waals surface area contributed by atoms with E-state index in [1.165, 1.54) is 18.2 Å². The van der Waals surface area contributed by atoms with Gasteiger partial charge in [-0.2, -0.15) is 5.26 Å². The first-order valence-electron chi connectivity index (χ1n) is 8.92. The number of rotatable bonds is 5. The zero-order valence-electron chi connectivity index (χ0n) is 16.2. The van der Waals surface area contributed by atoms with Crippen molar-refractivity contribution >= 4 is 35.2 Å². The molecule has 150 valence electrons. The number of hydrogen-bond donors (Lipinski definition) is 2. The fourth-order valence-corrected chi connectivity index (χ4v) is 3.00. The lowest BCUT2D eigenvalue weighted by Gasteiger charge is -2.06. The summed E-state index contributed by atoms with van der Waals surface area (Å²) in [6.07, 6.45) is 1.34. The number of benzene rings is 2. The lowest BCUT2D eigenvalue weighted by Crippen LogP contribution is -2.13. The summed E-state index contributed by atoms with van der Waals surface area (Å²) in [5.41, 5.74) is 3.16. The van der Waals surface area contributed by atoms with Gasteiger partial charge >= 0.3 is 5.97 Å². The molecule has 0 aliphatic rings. The molecular formula is C23H17ClN2O4. The first kappa shape index (κ1) is 20.9. The van der Waals surface area contributed by atoms with Gasteiger partial charge in [-0.05, 0) is 61.4 Å². The van der Waals surface area contributed by atoms with Crippen LogP contribution in [-0.4, -0.2) is 17.0 Å². The number of nitrogens with zero attached hydrogens (tertiary/aromatic N) is 1. The second kappa shape index (κ2) is 8.68. The molecular weight excluding hydrogens is 404 g/mol. The number of furan rings is 1. The van der Waals surface area contributed by atoms with Gasteiger partial charge in [-0.1, -0.05) is 23.7 Å². The topological polar surface area (TPSA) is 103 Å². The van der Waals surface area contributed by atoms with E-state index in [1.807, 2.05) is 32.0 Å². The predicted molar refractivity (Wildman–Crippen MR) is 114 cm³/mol. The molecule has 0 fully saturated rings. The maximum atomic E-state index is 12.5. The van der Waals surface area contributed by atoms with Gasteiger partial charge in [-0.15, -0.1) is 0 Å². The zero-order valence-corrected chi connectivity index (χ0v) is 16.9. The van der Waals surface area contributed by atoms with E-state index in [4.69, 9.17) is 21.1 Å². The second-order valence-electron chi connectivity index (χ2n) is 6.62. The minimum Gasteiger partial charge on any atom is -0.478 e. The van der Waals surface area contributed by atoms with Crippen molar-refractivity contribution < 1.29 is 19.1 Å². The second-order valence-corrected chi connectivity index (χ2v) is 7.03. The summed E-state index contributed by atoms with van der Waals surface area (Å²) < 4.78 is 5.68. The Kier molecular flexibility index (Phi) is 6.05. The van der Waals surface area contributed by atoms with Crippen LogP contribution in [0.4, 0.5) is 5.69 Å². The number of aromatic carboxylic acids is 1. The lowest BCUT2D eigenvalue weighted by molar-refractivity contribution is -0.112. The molecule has 0 aliphatic carbocycles. The Bertz CT molecular complexity index is 1220. The van der Waals surface area contributed by atoms with Crippen LogP contribution in [0.25, 0.3) is 17.4 Å². The number of carboxylic acids is 1. The monoisotopic (exact) mass is 420 g/mol. The third-order valence-electron chi connectivity index (χ3n) is 4.53. The number of amides is 1. The van der Waals surface area contributed by atoms with Gasteiger partial charge in [0.05, 0.1) is 10.6 Å². The summed E-state index contributed by atoms with van der Waals surface area (Å²) in [4.78, 5) is 23.5. The molecule has 0 saturated carbocycles. The van der Waals surface area contributed by atoms with E-state index in [-0.39, 0.29) is 16.2 Å². The van der Waals surface area contributed by atoms with Crippen molar-refractivity contribution in [2.75, 3.05) is 5.32 Å². The first-order chi connectivity index (χ1) is 14.3. The molecule has 1 amide bonds. The van der Waals surface area contributed by atoms with Crippen LogP contribution in [0.5, 0.6) is 0 Å². The molecule has 0 aliphatic heterocycles. The SMILES string of the molecule is Cc1ccc(NC(=O)/C(C#N)=C/c2ccc(-c3ccc(C(=O)O)c(Cl)c3)o2)cc1C. The number of hydrogen-bond acceptors (Lipinski definition) is 4. The molecule has 2 aromatic carbocycles. The molecule has 1 heterocycles. The molecule has 3 aromatic rings. The van der Waals surface area contributed by atoms with Crippen molar-refractivity contribution in [1.82, 2.24) is 0 Å². The summed E-state index contributed by atoms with van der Waals surface area (Å²) in [6, 6.07) is 15.1. The number of carbonyl (C=O) groups is 2.